The molecule has 1 heterocycles. The van der Waals surface area contributed by atoms with Gasteiger partial charge in [0.1, 0.15) is 0 Å². The lowest BCUT2D eigenvalue weighted by Gasteiger charge is -2.42. The molecule has 2 nitrogen and oxygen atoms in total. The molecule has 0 radical (unpaired) electrons. The van der Waals surface area contributed by atoms with E-state index in [1.165, 1.54) is 16.7 Å². The van der Waals surface area contributed by atoms with Crippen LogP contribution >= 0.6 is 0 Å². The molecule has 2 unspecified atom stereocenters. The van der Waals surface area contributed by atoms with Crippen molar-refractivity contribution >= 4 is 8.32 Å². The number of hydrogen-bond acceptors (Lipinski definition) is 2. The topological polar surface area (TPSA) is 12.5 Å². The summed E-state index contributed by atoms with van der Waals surface area (Å²) in [5.41, 5.74) is 3.99. The highest BCUT2D eigenvalue weighted by Gasteiger charge is 2.34. The molecule has 3 heteroatoms. The molecule has 0 saturated heterocycles. The maximum absolute atomic E-state index is 6.55. The standard InChI is InChI=1S/C27H31NOSi/c1-30(2,3)29-25-19-26(23-15-9-5-10-16-23)28(21-22-13-7-4-8-14-22)27(20-25)24-17-11-6-12-18-24/h4-19,26-27H,20-21H2,1-3H3. The first kappa shape index (κ1) is 20.6. The molecule has 0 aliphatic carbocycles. The Kier molecular flexibility index (Phi) is 6.21. The van der Waals surface area contributed by atoms with Crippen molar-refractivity contribution in [2.24, 2.45) is 0 Å². The summed E-state index contributed by atoms with van der Waals surface area (Å²) in [7, 11) is -1.69. The molecule has 30 heavy (non-hydrogen) atoms. The fourth-order valence-corrected chi connectivity index (χ4v) is 5.17. The van der Waals surface area contributed by atoms with Crippen LogP contribution in [0.1, 0.15) is 35.2 Å². The highest BCUT2D eigenvalue weighted by Crippen LogP contribution is 2.42. The summed E-state index contributed by atoms with van der Waals surface area (Å²) < 4.78 is 6.55. The van der Waals surface area contributed by atoms with Crippen molar-refractivity contribution in [3.63, 3.8) is 0 Å². The molecule has 0 saturated carbocycles. The third kappa shape index (κ3) is 5.10. The predicted octanol–water partition coefficient (Wildman–Crippen LogP) is 7.11. The lowest BCUT2D eigenvalue weighted by Crippen LogP contribution is -2.37. The molecule has 3 aromatic rings. The van der Waals surface area contributed by atoms with Crippen LogP contribution in [0.15, 0.2) is 103 Å². The van der Waals surface area contributed by atoms with Gasteiger partial charge in [-0.2, -0.15) is 0 Å². The first-order chi connectivity index (χ1) is 14.5. The van der Waals surface area contributed by atoms with Gasteiger partial charge in [0, 0.05) is 19.0 Å². The monoisotopic (exact) mass is 413 g/mol. The second-order valence-corrected chi connectivity index (χ2v) is 13.4. The molecule has 4 rings (SSSR count). The van der Waals surface area contributed by atoms with E-state index >= 15 is 0 Å². The minimum atomic E-state index is -1.69. The van der Waals surface area contributed by atoms with Crippen molar-refractivity contribution in [2.75, 3.05) is 0 Å². The van der Waals surface area contributed by atoms with Crippen molar-refractivity contribution in [3.8, 4) is 0 Å². The van der Waals surface area contributed by atoms with E-state index in [0.717, 1.165) is 18.7 Å². The van der Waals surface area contributed by atoms with E-state index in [1.54, 1.807) is 0 Å². The van der Waals surface area contributed by atoms with E-state index < -0.39 is 8.32 Å². The quantitative estimate of drug-likeness (QED) is 0.399. The maximum Gasteiger partial charge on any atom is 0.241 e. The van der Waals surface area contributed by atoms with Gasteiger partial charge < -0.3 is 4.43 Å². The van der Waals surface area contributed by atoms with E-state index in [4.69, 9.17) is 4.43 Å². The van der Waals surface area contributed by atoms with Crippen molar-refractivity contribution in [3.05, 3.63) is 120 Å². The Balaban J connectivity index is 1.79. The fraction of sp³-hybridized carbons (Fsp3) is 0.259. The number of benzene rings is 3. The molecule has 0 N–H and O–H groups in total. The van der Waals surface area contributed by atoms with Gasteiger partial charge in [-0.15, -0.1) is 0 Å². The molecule has 0 aromatic heterocycles. The van der Waals surface area contributed by atoms with Gasteiger partial charge in [-0.3, -0.25) is 4.90 Å². The number of rotatable bonds is 6. The normalized spacial score (nSPS) is 19.9. The largest absolute Gasteiger partial charge is 0.547 e. The van der Waals surface area contributed by atoms with E-state index in [0.29, 0.717) is 0 Å². The highest BCUT2D eigenvalue weighted by molar-refractivity contribution is 6.70. The van der Waals surface area contributed by atoms with Gasteiger partial charge in [0.05, 0.1) is 11.8 Å². The molecule has 0 fully saturated rings. The summed E-state index contributed by atoms with van der Waals surface area (Å²) in [5.74, 6) is 1.14. The molecule has 0 bridgehead atoms. The Morgan fingerprint density at radius 2 is 1.30 bits per heavy atom. The minimum Gasteiger partial charge on any atom is -0.547 e. The zero-order chi connectivity index (χ0) is 21.0. The summed E-state index contributed by atoms with van der Waals surface area (Å²) in [5, 5.41) is 0. The lowest BCUT2D eigenvalue weighted by molar-refractivity contribution is 0.119. The smallest absolute Gasteiger partial charge is 0.241 e. The zero-order valence-corrected chi connectivity index (χ0v) is 19.2. The first-order valence-corrected chi connectivity index (χ1v) is 14.2. The van der Waals surface area contributed by atoms with Crippen LogP contribution in [0.4, 0.5) is 0 Å². The Morgan fingerprint density at radius 3 is 1.87 bits per heavy atom. The SMILES string of the molecule is C[Si](C)(C)OC1=CC(c2ccccc2)N(Cc2ccccc2)C(c2ccccc2)C1. The van der Waals surface area contributed by atoms with E-state index in [9.17, 15) is 0 Å². The van der Waals surface area contributed by atoms with Crippen LogP contribution in [0.2, 0.25) is 19.6 Å². The number of hydrogen-bond donors (Lipinski definition) is 0. The molecular weight excluding hydrogens is 382 g/mol. The molecule has 0 amide bonds. The molecular formula is C27H31NOSi. The van der Waals surface area contributed by atoms with Crippen LogP contribution in [0.5, 0.6) is 0 Å². The lowest BCUT2D eigenvalue weighted by atomic mass is 9.90. The van der Waals surface area contributed by atoms with Gasteiger partial charge in [-0.05, 0) is 42.4 Å². The highest BCUT2D eigenvalue weighted by atomic mass is 28.4. The summed E-state index contributed by atoms with van der Waals surface area (Å²) in [6.45, 7) is 7.69. The Bertz CT molecular complexity index is 964. The van der Waals surface area contributed by atoms with Gasteiger partial charge in [0.25, 0.3) is 0 Å². The number of nitrogens with zero attached hydrogens (tertiary/aromatic N) is 1. The van der Waals surface area contributed by atoms with Gasteiger partial charge in [-0.25, -0.2) is 0 Å². The van der Waals surface area contributed by atoms with Crippen molar-refractivity contribution in [1.29, 1.82) is 0 Å². The second kappa shape index (κ2) is 9.03. The van der Waals surface area contributed by atoms with Gasteiger partial charge >= 0.3 is 0 Å². The Labute approximate surface area is 182 Å². The zero-order valence-electron chi connectivity index (χ0n) is 18.2. The van der Waals surface area contributed by atoms with Crippen LogP contribution in [-0.4, -0.2) is 13.2 Å². The molecule has 2 atom stereocenters. The molecule has 154 valence electrons. The average Bonchev–Trinajstić information content (AvgIpc) is 2.75. The van der Waals surface area contributed by atoms with Gasteiger partial charge in [-0.1, -0.05) is 91.0 Å². The molecule has 0 spiro atoms. The fourth-order valence-electron chi connectivity index (χ4n) is 4.24. The van der Waals surface area contributed by atoms with Crippen molar-refractivity contribution in [1.82, 2.24) is 4.90 Å². The van der Waals surface area contributed by atoms with E-state index in [2.05, 4.69) is 122 Å². The Morgan fingerprint density at radius 1 is 0.767 bits per heavy atom. The third-order valence-corrected chi connectivity index (χ3v) is 6.34. The first-order valence-electron chi connectivity index (χ1n) is 10.8. The van der Waals surface area contributed by atoms with Crippen LogP contribution in [0, 0.1) is 0 Å². The van der Waals surface area contributed by atoms with Gasteiger partial charge in [0.2, 0.25) is 8.32 Å². The molecule has 3 aromatic carbocycles. The van der Waals surface area contributed by atoms with Gasteiger partial charge in [0.15, 0.2) is 0 Å². The van der Waals surface area contributed by atoms with Crippen LogP contribution in [0.3, 0.4) is 0 Å². The van der Waals surface area contributed by atoms with E-state index in [1.807, 2.05) is 0 Å². The van der Waals surface area contributed by atoms with Crippen LogP contribution in [0.25, 0.3) is 0 Å². The van der Waals surface area contributed by atoms with Crippen LogP contribution in [-0.2, 0) is 11.0 Å². The molecule has 1 aliphatic heterocycles. The Hall–Kier alpha value is -2.62. The molecule has 1 aliphatic rings. The van der Waals surface area contributed by atoms with Crippen molar-refractivity contribution < 1.29 is 4.43 Å². The summed E-state index contributed by atoms with van der Waals surface area (Å²) >= 11 is 0. The minimum absolute atomic E-state index is 0.178. The van der Waals surface area contributed by atoms with E-state index in [-0.39, 0.29) is 12.1 Å². The van der Waals surface area contributed by atoms with Crippen molar-refractivity contribution in [2.45, 2.75) is 44.7 Å². The van der Waals surface area contributed by atoms with Crippen LogP contribution < -0.4 is 0 Å². The third-order valence-electron chi connectivity index (χ3n) is 5.47. The predicted molar refractivity (Wildman–Crippen MR) is 127 cm³/mol. The summed E-state index contributed by atoms with van der Waals surface area (Å²) in [6, 6.07) is 33.0. The maximum atomic E-state index is 6.55. The second-order valence-electron chi connectivity index (χ2n) is 8.99. The summed E-state index contributed by atoms with van der Waals surface area (Å²) in [6.07, 6.45) is 3.26. The average molecular weight is 414 g/mol. The summed E-state index contributed by atoms with van der Waals surface area (Å²) in [4.78, 5) is 2.62.